The molecule has 1 atom stereocenters. The lowest BCUT2D eigenvalue weighted by Gasteiger charge is -2.26. The Bertz CT molecular complexity index is 400. The van der Waals surface area contributed by atoms with Gasteiger partial charge in [-0.3, -0.25) is 4.90 Å². The summed E-state index contributed by atoms with van der Waals surface area (Å²) < 4.78 is 11.1. The number of rotatable bonds is 5. The zero-order valence-electron chi connectivity index (χ0n) is 11.8. The number of aryl methyl sites for hydroxylation is 1. The first kappa shape index (κ1) is 14.3. The Kier molecular flexibility index (Phi) is 5.19. The van der Waals surface area contributed by atoms with Crippen LogP contribution in [0.15, 0.2) is 18.2 Å². The standard InChI is InChI=1S/C15H23NO3/c1-12-11-14(13(2)17)3-4-15(12)19-10-7-16-5-8-18-9-6-16/h3-4,11,13,17H,5-10H2,1-2H3/t13-/m0/s1. The molecule has 19 heavy (non-hydrogen) atoms. The topological polar surface area (TPSA) is 41.9 Å². The molecule has 4 heteroatoms. The molecule has 1 N–H and O–H groups in total. The quantitative estimate of drug-likeness (QED) is 0.881. The molecule has 0 unspecified atom stereocenters. The van der Waals surface area contributed by atoms with Crippen LogP contribution in [0.5, 0.6) is 5.75 Å². The van der Waals surface area contributed by atoms with E-state index in [0.29, 0.717) is 6.61 Å². The molecular formula is C15H23NO3. The third-order valence-electron chi connectivity index (χ3n) is 3.45. The van der Waals surface area contributed by atoms with E-state index in [4.69, 9.17) is 9.47 Å². The SMILES string of the molecule is Cc1cc([C@H](C)O)ccc1OCCN1CCOCC1. The van der Waals surface area contributed by atoms with Gasteiger partial charge in [0.05, 0.1) is 19.3 Å². The van der Waals surface area contributed by atoms with Gasteiger partial charge in [-0.05, 0) is 37.1 Å². The van der Waals surface area contributed by atoms with Crippen LogP contribution < -0.4 is 4.74 Å². The highest BCUT2D eigenvalue weighted by Crippen LogP contribution is 2.22. The van der Waals surface area contributed by atoms with Gasteiger partial charge in [0, 0.05) is 19.6 Å². The number of ether oxygens (including phenoxy) is 2. The van der Waals surface area contributed by atoms with Crippen molar-refractivity contribution in [2.45, 2.75) is 20.0 Å². The summed E-state index contributed by atoms with van der Waals surface area (Å²) in [6, 6.07) is 5.84. The summed E-state index contributed by atoms with van der Waals surface area (Å²) in [7, 11) is 0. The van der Waals surface area contributed by atoms with Gasteiger partial charge in [0.1, 0.15) is 12.4 Å². The molecule has 1 saturated heterocycles. The van der Waals surface area contributed by atoms with Gasteiger partial charge in [-0.2, -0.15) is 0 Å². The van der Waals surface area contributed by atoms with Crippen molar-refractivity contribution in [2.75, 3.05) is 39.5 Å². The summed E-state index contributed by atoms with van der Waals surface area (Å²) in [5.74, 6) is 0.901. The Morgan fingerprint density at radius 3 is 2.74 bits per heavy atom. The van der Waals surface area contributed by atoms with Crippen LogP contribution in [0, 0.1) is 6.92 Å². The van der Waals surface area contributed by atoms with Crippen LogP contribution in [0.4, 0.5) is 0 Å². The maximum atomic E-state index is 9.53. The Labute approximate surface area is 114 Å². The molecule has 106 valence electrons. The van der Waals surface area contributed by atoms with E-state index in [2.05, 4.69) is 4.90 Å². The van der Waals surface area contributed by atoms with Crippen molar-refractivity contribution in [1.82, 2.24) is 4.90 Å². The molecule has 0 saturated carbocycles. The lowest BCUT2D eigenvalue weighted by atomic mass is 10.1. The van der Waals surface area contributed by atoms with Crippen LogP contribution in [0.2, 0.25) is 0 Å². The molecule has 2 rings (SSSR count). The largest absolute Gasteiger partial charge is 0.492 e. The molecule has 1 fully saturated rings. The van der Waals surface area contributed by atoms with Crippen molar-refractivity contribution in [3.8, 4) is 5.75 Å². The number of hydrogen-bond acceptors (Lipinski definition) is 4. The van der Waals surface area contributed by atoms with Gasteiger partial charge in [-0.1, -0.05) is 6.07 Å². The van der Waals surface area contributed by atoms with Crippen LogP contribution in [-0.4, -0.2) is 49.5 Å². The fourth-order valence-electron chi connectivity index (χ4n) is 2.20. The molecule has 0 spiro atoms. The molecule has 1 aromatic rings. The molecule has 1 aliphatic heterocycles. The Morgan fingerprint density at radius 1 is 1.37 bits per heavy atom. The lowest BCUT2D eigenvalue weighted by Crippen LogP contribution is -2.38. The molecule has 0 aliphatic carbocycles. The Balaban J connectivity index is 1.82. The third kappa shape index (κ3) is 4.20. The third-order valence-corrected chi connectivity index (χ3v) is 3.45. The van der Waals surface area contributed by atoms with E-state index in [-0.39, 0.29) is 0 Å². The lowest BCUT2D eigenvalue weighted by molar-refractivity contribution is 0.0322. The van der Waals surface area contributed by atoms with Gasteiger partial charge >= 0.3 is 0 Å². The highest BCUT2D eigenvalue weighted by atomic mass is 16.5. The predicted octanol–water partition coefficient (Wildman–Crippen LogP) is 1.76. The summed E-state index contributed by atoms with van der Waals surface area (Å²) >= 11 is 0. The number of morpholine rings is 1. The van der Waals surface area contributed by atoms with Gasteiger partial charge in [0.2, 0.25) is 0 Å². The average molecular weight is 265 g/mol. The molecule has 0 radical (unpaired) electrons. The van der Waals surface area contributed by atoms with Gasteiger partial charge in [-0.25, -0.2) is 0 Å². The van der Waals surface area contributed by atoms with E-state index < -0.39 is 6.10 Å². The second-order valence-electron chi connectivity index (χ2n) is 5.00. The van der Waals surface area contributed by atoms with Crippen molar-refractivity contribution in [3.63, 3.8) is 0 Å². The molecular weight excluding hydrogens is 242 g/mol. The highest BCUT2D eigenvalue weighted by molar-refractivity contribution is 5.36. The molecule has 0 aromatic heterocycles. The predicted molar refractivity (Wildman–Crippen MR) is 74.6 cm³/mol. The number of nitrogens with zero attached hydrogens (tertiary/aromatic N) is 1. The van der Waals surface area contributed by atoms with E-state index >= 15 is 0 Å². The zero-order chi connectivity index (χ0) is 13.7. The van der Waals surface area contributed by atoms with E-state index in [1.165, 1.54) is 0 Å². The second kappa shape index (κ2) is 6.89. The molecule has 1 heterocycles. The average Bonchev–Trinajstić information content (AvgIpc) is 2.41. The summed E-state index contributed by atoms with van der Waals surface area (Å²) in [6.45, 7) is 9.02. The van der Waals surface area contributed by atoms with Crippen LogP contribution in [-0.2, 0) is 4.74 Å². The van der Waals surface area contributed by atoms with Crippen LogP contribution in [0.25, 0.3) is 0 Å². The van der Waals surface area contributed by atoms with Gasteiger partial charge < -0.3 is 14.6 Å². The Hall–Kier alpha value is -1.10. The number of aliphatic hydroxyl groups excluding tert-OH is 1. The normalized spacial score (nSPS) is 18.3. The maximum absolute atomic E-state index is 9.53. The van der Waals surface area contributed by atoms with Crippen LogP contribution >= 0.6 is 0 Å². The maximum Gasteiger partial charge on any atom is 0.122 e. The van der Waals surface area contributed by atoms with Crippen molar-refractivity contribution in [1.29, 1.82) is 0 Å². The van der Waals surface area contributed by atoms with Crippen molar-refractivity contribution in [2.24, 2.45) is 0 Å². The van der Waals surface area contributed by atoms with Crippen molar-refractivity contribution in [3.05, 3.63) is 29.3 Å². The van der Waals surface area contributed by atoms with Crippen molar-refractivity contribution < 1.29 is 14.6 Å². The fraction of sp³-hybridized carbons (Fsp3) is 0.600. The van der Waals surface area contributed by atoms with E-state index in [0.717, 1.165) is 49.7 Å². The van der Waals surface area contributed by atoms with Crippen molar-refractivity contribution >= 4 is 0 Å². The summed E-state index contributed by atoms with van der Waals surface area (Å²) in [6.07, 6.45) is -0.430. The number of benzene rings is 1. The van der Waals surface area contributed by atoms with E-state index in [9.17, 15) is 5.11 Å². The van der Waals surface area contributed by atoms with Gasteiger partial charge in [0.25, 0.3) is 0 Å². The molecule has 4 nitrogen and oxygen atoms in total. The molecule has 0 bridgehead atoms. The van der Waals surface area contributed by atoms with Crippen LogP contribution in [0.1, 0.15) is 24.2 Å². The molecule has 0 amide bonds. The summed E-state index contributed by atoms with van der Waals surface area (Å²) in [5, 5.41) is 9.53. The first-order valence-corrected chi connectivity index (χ1v) is 6.88. The Morgan fingerprint density at radius 2 is 2.11 bits per heavy atom. The van der Waals surface area contributed by atoms with Gasteiger partial charge in [0.15, 0.2) is 0 Å². The minimum atomic E-state index is -0.430. The minimum Gasteiger partial charge on any atom is -0.492 e. The van der Waals surface area contributed by atoms with Crippen LogP contribution in [0.3, 0.4) is 0 Å². The zero-order valence-corrected chi connectivity index (χ0v) is 11.8. The number of hydrogen-bond donors (Lipinski definition) is 1. The van der Waals surface area contributed by atoms with E-state index in [1.807, 2.05) is 25.1 Å². The highest BCUT2D eigenvalue weighted by Gasteiger charge is 2.10. The minimum absolute atomic E-state index is 0.430. The van der Waals surface area contributed by atoms with Gasteiger partial charge in [-0.15, -0.1) is 0 Å². The first-order chi connectivity index (χ1) is 9.16. The monoisotopic (exact) mass is 265 g/mol. The number of aliphatic hydroxyl groups is 1. The molecule has 1 aromatic carbocycles. The van der Waals surface area contributed by atoms with E-state index in [1.54, 1.807) is 6.92 Å². The smallest absolute Gasteiger partial charge is 0.122 e. The summed E-state index contributed by atoms with van der Waals surface area (Å²) in [4.78, 5) is 2.35. The second-order valence-corrected chi connectivity index (χ2v) is 5.00. The summed E-state index contributed by atoms with van der Waals surface area (Å²) in [5.41, 5.74) is 2.00. The molecule has 1 aliphatic rings. The fourth-order valence-corrected chi connectivity index (χ4v) is 2.20. The first-order valence-electron chi connectivity index (χ1n) is 6.88.